The number of benzene rings is 2. The first-order valence-corrected chi connectivity index (χ1v) is 9.47. The molecule has 5 heteroatoms. The Kier molecular flexibility index (Phi) is 4.92. The fourth-order valence-corrected chi connectivity index (χ4v) is 3.44. The fraction of sp³-hybridized carbons (Fsp3) is 0.273. The number of rotatable bonds is 5. The lowest BCUT2D eigenvalue weighted by atomic mass is 10.1. The van der Waals surface area contributed by atoms with Gasteiger partial charge in [-0.2, -0.15) is 4.98 Å². The van der Waals surface area contributed by atoms with Crippen molar-refractivity contribution in [3.8, 4) is 0 Å². The summed E-state index contributed by atoms with van der Waals surface area (Å²) in [5.41, 5.74) is 5.77. The zero-order chi connectivity index (χ0) is 18.6. The number of hydrogen-bond acceptors (Lipinski definition) is 5. The van der Waals surface area contributed by atoms with E-state index in [2.05, 4.69) is 81.8 Å². The molecule has 138 valence electrons. The highest BCUT2D eigenvalue weighted by Gasteiger charge is 2.12. The summed E-state index contributed by atoms with van der Waals surface area (Å²) in [5, 5.41) is 6.66. The molecule has 3 aromatic rings. The highest BCUT2D eigenvalue weighted by molar-refractivity contribution is 5.63. The molecule has 2 aromatic carbocycles. The molecule has 5 nitrogen and oxygen atoms in total. The Labute approximate surface area is 160 Å². The van der Waals surface area contributed by atoms with Crippen molar-refractivity contribution in [2.75, 3.05) is 28.6 Å². The van der Waals surface area contributed by atoms with Gasteiger partial charge >= 0.3 is 0 Å². The molecule has 0 radical (unpaired) electrons. The fourth-order valence-electron chi connectivity index (χ4n) is 3.44. The summed E-state index contributed by atoms with van der Waals surface area (Å²) in [5.74, 6) is 1.35. The van der Waals surface area contributed by atoms with Crippen LogP contribution in [0.4, 0.5) is 28.8 Å². The molecule has 1 aliphatic heterocycles. The van der Waals surface area contributed by atoms with Crippen LogP contribution >= 0.6 is 0 Å². The highest BCUT2D eigenvalue weighted by atomic mass is 15.2. The maximum atomic E-state index is 4.58. The minimum Gasteiger partial charge on any atom is -0.372 e. The van der Waals surface area contributed by atoms with Crippen LogP contribution in [0.3, 0.4) is 0 Å². The van der Waals surface area contributed by atoms with Crippen molar-refractivity contribution in [1.82, 2.24) is 9.97 Å². The first kappa shape index (κ1) is 17.3. The minimum atomic E-state index is 0.582. The predicted octanol–water partition coefficient (Wildman–Crippen LogP) is 5.18. The van der Waals surface area contributed by atoms with Gasteiger partial charge in [0.05, 0.1) is 0 Å². The number of hydrogen-bond donors (Lipinski definition) is 2. The van der Waals surface area contributed by atoms with Gasteiger partial charge in [-0.3, -0.25) is 0 Å². The molecule has 0 bridgehead atoms. The van der Waals surface area contributed by atoms with Crippen molar-refractivity contribution in [1.29, 1.82) is 0 Å². The molecule has 0 amide bonds. The summed E-state index contributed by atoms with van der Waals surface area (Å²) < 4.78 is 0. The predicted molar refractivity (Wildman–Crippen MR) is 112 cm³/mol. The molecule has 0 saturated carbocycles. The molecule has 4 rings (SSSR count). The monoisotopic (exact) mass is 359 g/mol. The lowest BCUT2D eigenvalue weighted by Gasteiger charge is -2.17. The molecule has 0 spiro atoms. The van der Waals surface area contributed by atoms with E-state index in [1.165, 1.54) is 29.7 Å². The van der Waals surface area contributed by atoms with Gasteiger partial charge < -0.3 is 15.5 Å². The second-order valence-corrected chi connectivity index (χ2v) is 7.07. The Morgan fingerprint density at radius 1 is 0.889 bits per heavy atom. The van der Waals surface area contributed by atoms with Gasteiger partial charge in [0.15, 0.2) is 0 Å². The first-order valence-electron chi connectivity index (χ1n) is 9.47. The van der Waals surface area contributed by atoms with Crippen molar-refractivity contribution in [3.63, 3.8) is 0 Å². The average molecular weight is 359 g/mol. The smallest absolute Gasteiger partial charge is 0.229 e. The summed E-state index contributed by atoms with van der Waals surface area (Å²) in [6.45, 7) is 6.50. The van der Waals surface area contributed by atoms with E-state index in [1.54, 1.807) is 6.20 Å². The van der Waals surface area contributed by atoms with E-state index in [4.69, 9.17) is 0 Å². The van der Waals surface area contributed by atoms with Gasteiger partial charge in [-0.1, -0.05) is 17.7 Å². The summed E-state index contributed by atoms with van der Waals surface area (Å²) in [6, 6.07) is 16.7. The molecular formula is C22H25N5. The van der Waals surface area contributed by atoms with E-state index in [9.17, 15) is 0 Å². The first-order chi connectivity index (χ1) is 13.2. The summed E-state index contributed by atoms with van der Waals surface area (Å²) in [6.07, 6.45) is 4.34. The van der Waals surface area contributed by atoms with Gasteiger partial charge in [-0.25, -0.2) is 4.98 Å². The van der Waals surface area contributed by atoms with E-state index in [0.29, 0.717) is 5.95 Å². The standard InChI is InChI=1S/C22H25N5/c1-16-5-10-20(17(2)15-16)25-21-11-12-23-22(26-21)24-18-6-8-19(9-7-18)27-13-3-4-14-27/h5-12,15H,3-4,13-14H2,1-2H3,(H2,23,24,25,26). The van der Waals surface area contributed by atoms with Crippen LogP contribution in [0.1, 0.15) is 24.0 Å². The van der Waals surface area contributed by atoms with Crippen molar-refractivity contribution in [2.45, 2.75) is 26.7 Å². The molecule has 2 N–H and O–H groups in total. The normalized spacial score (nSPS) is 13.6. The zero-order valence-corrected chi connectivity index (χ0v) is 15.9. The van der Waals surface area contributed by atoms with Crippen LogP contribution in [0.25, 0.3) is 0 Å². The van der Waals surface area contributed by atoms with Crippen LogP contribution < -0.4 is 15.5 Å². The van der Waals surface area contributed by atoms with E-state index in [0.717, 1.165) is 30.3 Å². The molecule has 2 heterocycles. The van der Waals surface area contributed by atoms with Gasteiger partial charge in [-0.15, -0.1) is 0 Å². The largest absolute Gasteiger partial charge is 0.372 e. The maximum absolute atomic E-state index is 4.58. The molecule has 0 unspecified atom stereocenters. The van der Waals surface area contributed by atoms with E-state index >= 15 is 0 Å². The van der Waals surface area contributed by atoms with Gasteiger partial charge in [0.25, 0.3) is 0 Å². The number of aromatic nitrogens is 2. The Bertz CT molecular complexity index is 914. The van der Waals surface area contributed by atoms with Crippen LogP contribution in [0.15, 0.2) is 54.7 Å². The summed E-state index contributed by atoms with van der Waals surface area (Å²) in [4.78, 5) is 11.3. The number of aryl methyl sites for hydroxylation is 2. The minimum absolute atomic E-state index is 0.582. The third kappa shape index (κ3) is 4.19. The van der Waals surface area contributed by atoms with Crippen LogP contribution in [0, 0.1) is 13.8 Å². The van der Waals surface area contributed by atoms with Crippen molar-refractivity contribution < 1.29 is 0 Å². The quantitative estimate of drug-likeness (QED) is 0.657. The maximum Gasteiger partial charge on any atom is 0.229 e. The lowest BCUT2D eigenvalue weighted by molar-refractivity contribution is 0.949. The average Bonchev–Trinajstić information content (AvgIpc) is 3.20. The second kappa shape index (κ2) is 7.66. The van der Waals surface area contributed by atoms with Crippen LogP contribution in [-0.2, 0) is 0 Å². The van der Waals surface area contributed by atoms with Crippen LogP contribution in [0.5, 0.6) is 0 Å². The zero-order valence-electron chi connectivity index (χ0n) is 15.9. The van der Waals surface area contributed by atoms with E-state index in [1.807, 2.05) is 6.07 Å². The molecule has 1 fully saturated rings. The third-order valence-corrected chi connectivity index (χ3v) is 4.89. The van der Waals surface area contributed by atoms with Crippen molar-refractivity contribution in [3.05, 3.63) is 65.9 Å². The van der Waals surface area contributed by atoms with Crippen molar-refractivity contribution >= 4 is 28.8 Å². The molecule has 0 atom stereocenters. The Morgan fingerprint density at radius 3 is 2.41 bits per heavy atom. The molecule has 1 aromatic heterocycles. The van der Waals surface area contributed by atoms with Gasteiger partial charge in [0.1, 0.15) is 5.82 Å². The SMILES string of the molecule is Cc1ccc(Nc2ccnc(Nc3ccc(N4CCCC4)cc3)n2)c(C)c1. The number of nitrogens with one attached hydrogen (secondary N) is 2. The van der Waals surface area contributed by atoms with Crippen LogP contribution in [0.2, 0.25) is 0 Å². The topological polar surface area (TPSA) is 53.1 Å². The summed E-state index contributed by atoms with van der Waals surface area (Å²) in [7, 11) is 0. The lowest BCUT2D eigenvalue weighted by Crippen LogP contribution is -2.17. The molecule has 1 saturated heterocycles. The Hall–Kier alpha value is -3.08. The molecular weight excluding hydrogens is 334 g/mol. The van der Waals surface area contributed by atoms with Crippen LogP contribution in [-0.4, -0.2) is 23.1 Å². The van der Waals surface area contributed by atoms with E-state index in [-0.39, 0.29) is 0 Å². The molecule has 27 heavy (non-hydrogen) atoms. The molecule has 1 aliphatic rings. The summed E-state index contributed by atoms with van der Waals surface area (Å²) >= 11 is 0. The van der Waals surface area contributed by atoms with Gasteiger partial charge in [0.2, 0.25) is 5.95 Å². The van der Waals surface area contributed by atoms with Gasteiger partial charge in [0, 0.05) is 36.3 Å². The van der Waals surface area contributed by atoms with Gasteiger partial charge in [-0.05, 0) is 68.7 Å². The number of anilines is 5. The highest BCUT2D eigenvalue weighted by Crippen LogP contribution is 2.24. The number of nitrogens with zero attached hydrogens (tertiary/aromatic N) is 3. The van der Waals surface area contributed by atoms with E-state index < -0.39 is 0 Å². The van der Waals surface area contributed by atoms with Crippen molar-refractivity contribution in [2.24, 2.45) is 0 Å². The molecule has 0 aliphatic carbocycles. The third-order valence-electron chi connectivity index (χ3n) is 4.89. The Balaban J connectivity index is 1.46. The second-order valence-electron chi connectivity index (χ2n) is 7.07. The Morgan fingerprint density at radius 2 is 1.67 bits per heavy atom.